The molecule has 0 aromatic heterocycles. The fourth-order valence-corrected chi connectivity index (χ4v) is 0.448. The normalized spacial score (nSPS) is 13.8. The van der Waals surface area contributed by atoms with Gasteiger partial charge in [-0.3, -0.25) is 0 Å². The molecule has 0 bridgehead atoms. The van der Waals surface area contributed by atoms with Crippen molar-refractivity contribution >= 4 is 6.16 Å². The third kappa shape index (κ3) is 2.86. The summed E-state index contributed by atoms with van der Waals surface area (Å²) in [6.45, 7) is -2.64. The summed E-state index contributed by atoms with van der Waals surface area (Å²) in [4.78, 5) is 9.43. The zero-order chi connectivity index (χ0) is 12.5. The van der Waals surface area contributed by atoms with Crippen LogP contribution in [0.25, 0.3) is 0 Å². The van der Waals surface area contributed by atoms with E-state index >= 15 is 0 Å². The molecule has 0 spiro atoms. The van der Waals surface area contributed by atoms with Crippen molar-refractivity contribution in [3.8, 4) is 0 Å². The van der Waals surface area contributed by atoms with Crippen LogP contribution in [0.2, 0.25) is 0 Å². The van der Waals surface area contributed by atoms with Gasteiger partial charge in [-0.05, 0) is 0 Å². The summed E-state index contributed by atoms with van der Waals surface area (Å²) in [6.07, 6.45) is -9.14. The standard InChI is InChI=1S/C5H3F7O3/c6-3(7,1-15-2(13)14)4(8,9)5(10,11)12/h1H2,(H,13,14)/p-1. The lowest BCUT2D eigenvalue weighted by Crippen LogP contribution is -2.54. The molecular formula is C5H2F7O3-. The minimum atomic E-state index is -6.51. The summed E-state index contributed by atoms with van der Waals surface area (Å²) in [5.74, 6) is -12.1. The molecule has 0 atom stereocenters. The number of rotatable bonds is 3. The second-order valence-electron chi connectivity index (χ2n) is 2.32. The van der Waals surface area contributed by atoms with E-state index in [1.165, 1.54) is 0 Å². The Labute approximate surface area is 77.4 Å². The predicted molar refractivity (Wildman–Crippen MR) is 27.3 cm³/mol. The second-order valence-corrected chi connectivity index (χ2v) is 2.32. The maximum Gasteiger partial charge on any atom is 0.459 e. The quantitative estimate of drug-likeness (QED) is 0.552. The Kier molecular flexibility index (Phi) is 3.43. The van der Waals surface area contributed by atoms with Crippen molar-refractivity contribution in [3.05, 3.63) is 0 Å². The first-order valence-corrected chi connectivity index (χ1v) is 3.08. The van der Waals surface area contributed by atoms with Crippen molar-refractivity contribution in [3.63, 3.8) is 0 Å². The Morgan fingerprint density at radius 1 is 1.07 bits per heavy atom. The molecule has 0 amide bonds. The van der Waals surface area contributed by atoms with Gasteiger partial charge < -0.3 is 14.6 Å². The lowest BCUT2D eigenvalue weighted by molar-refractivity contribution is -0.365. The van der Waals surface area contributed by atoms with Crippen molar-refractivity contribution in [2.24, 2.45) is 0 Å². The lowest BCUT2D eigenvalue weighted by Gasteiger charge is -2.29. The molecule has 3 nitrogen and oxygen atoms in total. The highest BCUT2D eigenvalue weighted by Crippen LogP contribution is 2.46. The number of carboxylic acid groups (broad SMARTS) is 1. The van der Waals surface area contributed by atoms with E-state index in [1.54, 1.807) is 0 Å². The Balaban J connectivity index is 4.77. The summed E-state index contributed by atoms with van der Waals surface area (Å²) in [7, 11) is 0. The van der Waals surface area contributed by atoms with Gasteiger partial charge in [-0.2, -0.15) is 30.7 Å². The van der Waals surface area contributed by atoms with Gasteiger partial charge >= 0.3 is 18.0 Å². The number of halogens is 7. The van der Waals surface area contributed by atoms with E-state index in [2.05, 4.69) is 4.74 Å². The van der Waals surface area contributed by atoms with Crippen LogP contribution in [-0.2, 0) is 4.74 Å². The number of carbonyl (C=O) groups excluding carboxylic acids is 1. The molecule has 0 aliphatic rings. The van der Waals surface area contributed by atoms with Gasteiger partial charge in [-0.1, -0.05) is 0 Å². The average molecular weight is 243 g/mol. The van der Waals surface area contributed by atoms with Gasteiger partial charge in [0.25, 0.3) is 6.16 Å². The number of carbonyl (C=O) groups is 1. The molecule has 0 saturated carbocycles. The van der Waals surface area contributed by atoms with Crippen molar-refractivity contribution < 1.29 is 45.4 Å². The largest absolute Gasteiger partial charge is 0.543 e. The van der Waals surface area contributed by atoms with Crippen LogP contribution in [0.3, 0.4) is 0 Å². The van der Waals surface area contributed by atoms with E-state index in [1.807, 2.05) is 0 Å². The van der Waals surface area contributed by atoms with Crippen LogP contribution in [0.15, 0.2) is 0 Å². The van der Waals surface area contributed by atoms with Crippen LogP contribution >= 0.6 is 0 Å². The maximum atomic E-state index is 12.2. The maximum absolute atomic E-state index is 12.2. The first-order chi connectivity index (χ1) is 6.42. The van der Waals surface area contributed by atoms with Crippen LogP contribution in [0, 0.1) is 0 Å². The predicted octanol–water partition coefficient (Wildman–Crippen LogP) is 1.18. The molecule has 15 heavy (non-hydrogen) atoms. The van der Waals surface area contributed by atoms with Crippen LogP contribution in [-0.4, -0.2) is 30.8 Å². The van der Waals surface area contributed by atoms with Gasteiger partial charge in [0.15, 0.2) is 0 Å². The minimum Gasteiger partial charge on any atom is -0.543 e. The fraction of sp³-hybridized carbons (Fsp3) is 0.800. The van der Waals surface area contributed by atoms with Crippen LogP contribution in [0.4, 0.5) is 35.5 Å². The Hall–Kier alpha value is -1.22. The molecule has 0 rings (SSSR count). The fourth-order valence-electron chi connectivity index (χ4n) is 0.448. The Morgan fingerprint density at radius 3 is 1.73 bits per heavy atom. The van der Waals surface area contributed by atoms with Crippen LogP contribution in [0.1, 0.15) is 0 Å². The van der Waals surface area contributed by atoms with Gasteiger partial charge in [0, 0.05) is 0 Å². The molecule has 0 aromatic rings. The van der Waals surface area contributed by atoms with Crippen LogP contribution in [0.5, 0.6) is 0 Å². The van der Waals surface area contributed by atoms with E-state index in [9.17, 15) is 40.6 Å². The van der Waals surface area contributed by atoms with E-state index in [0.29, 0.717) is 0 Å². The summed E-state index contributed by atoms with van der Waals surface area (Å²) in [5, 5.41) is 9.43. The third-order valence-electron chi connectivity index (χ3n) is 1.19. The van der Waals surface area contributed by atoms with Gasteiger partial charge in [-0.15, -0.1) is 0 Å². The molecule has 0 unspecified atom stereocenters. The monoisotopic (exact) mass is 243 g/mol. The number of alkyl halides is 7. The van der Waals surface area contributed by atoms with Gasteiger partial charge in [0.2, 0.25) is 0 Å². The average Bonchev–Trinajstić information content (AvgIpc) is 1.98. The highest BCUT2D eigenvalue weighted by Gasteiger charge is 2.72. The minimum absolute atomic E-state index is 2.63. The first-order valence-electron chi connectivity index (χ1n) is 3.08. The Morgan fingerprint density at radius 2 is 1.47 bits per heavy atom. The molecule has 0 aliphatic heterocycles. The van der Waals surface area contributed by atoms with E-state index < -0.39 is 30.8 Å². The zero-order valence-electron chi connectivity index (χ0n) is 6.58. The molecule has 10 heteroatoms. The van der Waals surface area contributed by atoms with E-state index in [-0.39, 0.29) is 0 Å². The van der Waals surface area contributed by atoms with Crippen molar-refractivity contribution in [2.75, 3.05) is 6.61 Å². The van der Waals surface area contributed by atoms with E-state index in [4.69, 9.17) is 0 Å². The molecule has 0 N–H and O–H groups in total. The molecular weight excluding hydrogens is 241 g/mol. The van der Waals surface area contributed by atoms with Gasteiger partial charge in [0.1, 0.15) is 0 Å². The number of hydrogen-bond acceptors (Lipinski definition) is 3. The molecule has 0 saturated heterocycles. The van der Waals surface area contributed by atoms with E-state index in [0.717, 1.165) is 0 Å². The molecule has 0 radical (unpaired) electrons. The summed E-state index contributed by atoms with van der Waals surface area (Å²) in [6, 6.07) is 0. The highest BCUT2D eigenvalue weighted by atomic mass is 19.4. The van der Waals surface area contributed by atoms with Gasteiger partial charge in [-0.25, -0.2) is 0 Å². The van der Waals surface area contributed by atoms with Crippen molar-refractivity contribution in [1.29, 1.82) is 0 Å². The summed E-state index contributed by atoms with van der Waals surface area (Å²) >= 11 is 0. The molecule has 0 aromatic carbocycles. The molecule has 0 heterocycles. The lowest BCUT2D eigenvalue weighted by atomic mass is 10.2. The number of hydrogen-bond donors (Lipinski definition) is 0. The summed E-state index contributed by atoms with van der Waals surface area (Å²) < 4.78 is 85.4. The van der Waals surface area contributed by atoms with Crippen molar-refractivity contribution in [2.45, 2.75) is 18.0 Å². The topological polar surface area (TPSA) is 49.4 Å². The molecule has 0 aliphatic carbocycles. The smallest absolute Gasteiger partial charge is 0.459 e. The first kappa shape index (κ1) is 13.8. The Bertz CT molecular complexity index is 246. The van der Waals surface area contributed by atoms with Gasteiger partial charge in [0.05, 0.1) is 6.61 Å². The number of ether oxygens (including phenoxy) is 1. The zero-order valence-corrected chi connectivity index (χ0v) is 6.58. The van der Waals surface area contributed by atoms with Crippen LogP contribution < -0.4 is 5.11 Å². The van der Waals surface area contributed by atoms with Crippen molar-refractivity contribution in [1.82, 2.24) is 0 Å². The summed E-state index contributed by atoms with van der Waals surface area (Å²) in [5.41, 5.74) is 0. The molecule has 0 fully saturated rings. The highest BCUT2D eigenvalue weighted by molar-refractivity contribution is 5.54. The second kappa shape index (κ2) is 3.74. The SMILES string of the molecule is O=C([O-])OCC(F)(F)C(F)(F)C(F)(F)F. The third-order valence-corrected chi connectivity index (χ3v) is 1.19. The molecule has 90 valence electrons.